The first-order valence-corrected chi connectivity index (χ1v) is 10.1. The smallest absolute Gasteiger partial charge is 0.109 e. The van der Waals surface area contributed by atoms with Crippen LogP contribution in [0.2, 0.25) is 0 Å². The third-order valence-electron chi connectivity index (χ3n) is 5.61. The fourth-order valence-corrected chi connectivity index (χ4v) is 3.39. The van der Waals surface area contributed by atoms with E-state index in [0.717, 1.165) is 17.5 Å². The highest BCUT2D eigenvalue weighted by Crippen LogP contribution is 2.38. The minimum absolute atomic E-state index is 1.00. The van der Waals surface area contributed by atoms with Gasteiger partial charge in [0, 0.05) is 60.0 Å². The van der Waals surface area contributed by atoms with Crippen LogP contribution in [0.5, 0.6) is 0 Å². The van der Waals surface area contributed by atoms with Gasteiger partial charge in [0.2, 0.25) is 0 Å². The molecule has 1 aromatic carbocycles. The summed E-state index contributed by atoms with van der Waals surface area (Å²) in [5, 5.41) is 0. The number of para-hydroxylation sites is 2. The molecule has 0 saturated heterocycles. The predicted molar refractivity (Wildman–Crippen MR) is 131 cm³/mol. The highest BCUT2D eigenvalue weighted by Gasteiger charge is 2.23. The molecule has 31 heavy (non-hydrogen) atoms. The van der Waals surface area contributed by atoms with Gasteiger partial charge >= 0.3 is 0 Å². The highest BCUT2D eigenvalue weighted by atomic mass is 15.4. The molecule has 0 unspecified atom stereocenters. The summed E-state index contributed by atoms with van der Waals surface area (Å²) in [6, 6.07) is 8.29. The molecule has 1 aromatic rings. The van der Waals surface area contributed by atoms with Crippen molar-refractivity contribution in [2.75, 3.05) is 45.0 Å². The van der Waals surface area contributed by atoms with Crippen molar-refractivity contribution in [3.8, 4) is 0 Å². The SMILES string of the molecule is C=C1N(C)C=C2C=CC=CN12.C=C1N(C)C=CN1C.C=C1N(C)c2ccccc2N1C. The van der Waals surface area contributed by atoms with Gasteiger partial charge in [0.25, 0.3) is 0 Å². The predicted octanol–water partition coefficient (Wildman–Crippen LogP) is 4.48. The van der Waals surface area contributed by atoms with Crippen LogP contribution in [0.1, 0.15) is 0 Å². The molecule has 162 valence electrons. The van der Waals surface area contributed by atoms with Crippen LogP contribution in [0.25, 0.3) is 0 Å². The van der Waals surface area contributed by atoms with E-state index in [2.05, 4.69) is 58.8 Å². The summed E-state index contributed by atoms with van der Waals surface area (Å²) in [4.78, 5) is 12.2. The first-order chi connectivity index (χ1) is 14.7. The number of fused-ring (bicyclic) bond motifs is 2. The van der Waals surface area contributed by atoms with Crippen molar-refractivity contribution < 1.29 is 0 Å². The van der Waals surface area contributed by atoms with E-state index in [1.807, 2.05) is 92.8 Å². The van der Waals surface area contributed by atoms with E-state index < -0.39 is 0 Å². The summed E-state index contributed by atoms with van der Waals surface area (Å²) in [7, 11) is 10.0. The van der Waals surface area contributed by atoms with E-state index in [0.29, 0.717) is 0 Å². The van der Waals surface area contributed by atoms with Crippen molar-refractivity contribution in [1.82, 2.24) is 19.6 Å². The number of hydrogen-bond donors (Lipinski definition) is 0. The summed E-state index contributed by atoms with van der Waals surface area (Å²) in [5.74, 6) is 3.04. The molecule has 4 aliphatic heterocycles. The van der Waals surface area contributed by atoms with Gasteiger partial charge < -0.3 is 29.4 Å². The van der Waals surface area contributed by atoms with E-state index in [1.165, 1.54) is 17.1 Å². The van der Waals surface area contributed by atoms with Gasteiger partial charge in [-0.05, 0) is 24.3 Å². The molecule has 6 heteroatoms. The number of benzene rings is 1. The Morgan fingerprint density at radius 3 is 1.61 bits per heavy atom. The summed E-state index contributed by atoms with van der Waals surface area (Å²) in [6.45, 7) is 11.7. The normalized spacial score (nSPS) is 18.1. The Labute approximate surface area is 186 Å². The third kappa shape index (κ3) is 4.38. The minimum atomic E-state index is 1.00. The van der Waals surface area contributed by atoms with Crippen molar-refractivity contribution >= 4 is 11.4 Å². The molecule has 0 aromatic heterocycles. The number of nitrogens with zero attached hydrogens (tertiary/aromatic N) is 6. The zero-order valence-electron chi connectivity index (χ0n) is 19.2. The van der Waals surface area contributed by atoms with Crippen molar-refractivity contribution in [3.05, 3.63) is 110 Å². The number of anilines is 2. The Hall–Kier alpha value is -3.80. The van der Waals surface area contributed by atoms with Gasteiger partial charge in [-0.15, -0.1) is 0 Å². The van der Waals surface area contributed by atoms with Crippen LogP contribution in [0.15, 0.2) is 110 Å². The van der Waals surface area contributed by atoms with Crippen molar-refractivity contribution in [2.24, 2.45) is 0 Å². The lowest BCUT2D eigenvalue weighted by atomic mass is 10.3. The Kier molecular flexibility index (Phi) is 6.30. The molecule has 5 rings (SSSR count). The molecular formula is C25H32N6. The molecule has 0 N–H and O–H groups in total. The van der Waals surface area contributed by atoms with Gasteiger partial charge in [0.1, 0.15) is 17.5 Å². The topological polar surface area (TPSA) is 19.4 Å². The van der Waals surface area contributed by atoms with Crippen LogP contribution in [-0.4, -0.2) is 54.8 Å². The van der Waals surface area contributed by atoms with E-state index in [1.54, 1.807) is 0 Å². The molecule has 0 spiro atoms. The fourth-order valence-electron chi connectivity index (χ4n) is 3.39. The quantitative estimate of drug-likeness (QED) is 0.617. The van der Waals surface area contributed by atoms with Gasteiger partial charge in [-0.3, -0.25) is 0 Å². The maximum absolute atomic E-state index is 3.98. The van der Waals surface area contributed by atoms with Crippen molar-refractivity contribution in [2.45, 2.75) is 0 Å². The molecule has 0 atom stereocenters. The van der Waals surface area contributed by atoms with Gasteiger partial charge in [-0.1, -0.05) is 37.9 Å². The summed E-state index contributed by atoms with van der Waals surface area (Å²) >= 11 is 0. The molecule has 4 aliphatic rings. The Morgan fingerprint density at radius 1 is 0.613 bits per heavy atom. The zero-order chi connectivity index (χ0) is 22.7. The second-order valence-corrected chi connectivity index (χ2v) is 7.61. The summed E-state index contributed by atoms with van der Waals surface area (Å²) in [6.07, 6.45) is 14.1. The Balaban J connectivity index is 0.000000135. The summed E-state index contributed by atoms with van der Waals surface area (Å²) < 4.78 is 0. The Bertz CT molecular complexity index is 954. The second-order valence-electron chi connectivity index (χ2n) is 7.61. The largest absolute Gasteiger partial charge is 0.337 e. The lowest BCUT2D eigenvalue weighted by Crippen LogP contribution is -2.20. The van der Waals surface area contributed by atoms with E-state index in [4.69, 9.17) is 0 Å². The van der Waals surface area contributed by atoms with Gasteiger partial charge in [-0.2, -0.15) is 0 Å². The van der Waals surface area contributed by atoms with Crippen LogP contribution < -0.4 is 9.80 Å². The second kappa shape index (κ2) is 8.92. The van der Waals surface area contributed by atoms with Crippen LogP contribution in [-0.2, 0) is 0 Å². The van der Waals surface area contributed by atoms with Gasteiger partial charge in [0.15, 0.2) is 0 Å². The fraction of sp³-hybridized carbons (Fsp3) is 0.200. The minimum Gasteiger partial charge on any atom is -0.337 e. The molecule has 0 aliphatic carbocycles. The van der Waals surface area contributed by atoms with Crippen molar-refractivity contribution in [1.29, 1.82) is 0 Å². The Morgan fingerprint density at radius 2 is 1.16 bits per heavy atom. The van der Waals surface area contributed by atoms with Gasteiger partial charge in [-0.25, -0.2) is 0 Å². The van der Waals surface area contributed by atoms with Crippen molar-refractivity contribution in [3.63, 3.8) is 0 Å². The van der Waals surface area contributed by atoms with Gasteiger partial charge in [0.05, 0.1) is 17.1 Å². The first kappa shape index (κ1) is 21.9. The third-order valence-corrected chi connectivity index (χ3v) is 5.61. The van der Waals surface area contributed by atoms with E-state index in [-0.39, 0.29) is 0 Å². The molecule has 6 nitrogen and oxygen atoms in total. The molecule has 0 saturated carbocycles. The molecule has 0 amide bonds. The lowest BCUT2D eigenvalue weighted by Gasteiger charge is -2.20. The van der Waals surface area contributed by atoms with E-state index >= 15 is 0 Å². The highest BCUT2D eigenvalue weighted by molar-refractivity contribution is 5.81. The van der Waals surface area contributed by atoms with Crippen LogP contribution in [0, 0.1) is 0 Å². The van der Waals surface area contributed by atoms with Crippen LogP contribution in [0.3, 0.4) is 0 Å². The molecule has 4 heterocycles. The van der Waals surface area contributed by atoms with Crippen LogP contribution >= 0.6 is 0 Å². The average Bonchev–Trinajstić information content (AvgIpc) is 3.33. The molecule has 0 fully saturated rings. The monoisotopic (exact) mass is 416 g/mol. The standard InChI is InChI=1S/C10H12N2.C9H10N2.C6H10N2/c1-8-11(2)9-6-4-5-7-10(9)12(8)3;1-8-10(2)7-9-5-3-4-6-11(8)9;1-6-7(2)4-5-8(6)3/h4-7H,1H2,2-3H3;3-7H,1H2,2H3;4-5H,1H2,2-3H3. The summed E-state index contributed by atoms with van der Waals surface area (Å²) in [5.41, 5.74) is 3.63. The maximum atomic E-state index is 3.98. The average molecular weight is 417 g/mol. The lowest BCUT2D eigenvalue weighted by molar-refractivity contribution is 0.451. The molecular weight excluding hydrogens is 384 g/mol. The van der Waals surface area contributed by atoms with Crippen LogP contribution in [0.4, 0.5) is 11.4 Å². The molecule has 0 bridgehead atoms. The number of rotatable bonds is 0. The van der Waals surface area contributed by atoms with E-state index in [9.17, 15) is 0 Å². The number of allylic oxidation sites excluding steroid dienone is 3. The first-order valence-electron chi connectivity index (χ1n) is 10.1. The zero-order valence-corrected chi connectivity index (χ0v) is 19.2. The maximum Gasteiger partial charge on any atom is 0.109 e. The molecule has 0 radical (unpaired) electrons. The number of hydrogen-bond acceptors (Lipinski definition) is 6.